The standard InChI is InChI=1S/C23H29NO3/c1-23-9-8-15-16(19(23)6-7-21(23)26)5-4-14-12-20(25)18(13-17(14)15)22(27)24-10-2-3-11-24/h12-13,15-16,19,25H,2-11H2,1H3/t15-,16+,19-,23-/m0/s1. The number of hydrogen-bond donors (Lipinski definition) is 1. The van der Waals surface area contributed by atoms with Gasteiger partial charge < -0.3 is 10.0 Å². The van der Waals surface area contributed by atoms with E-state index in [0.717, 1.165) is 64.5 Å². The molecule has 0 aromatic heterocycles. The molecule has 1 aliphatic heterocycles. The maximum atomic E-state index is 12.9. The lowest BCUT2D eigenvalue weighted by Gasteiger charge is -2.48. The predicted octanol–water partition coefficient (Wildman–Crippen LogP) is 4.05. The second-order valence-electron chi connectivity index (χ2n) is 9.40. The van der Waals surface area contributed by atoms with Gasteiger partial charge in [0.05, 0.1) is 5.56 Å². The summed E-state index contributed by atoms with van der Waals surface area (Å²) in [5, 5.41) is 10.5. The van der Waals surface area contributed by atoms with Crippen LogP contribution < -0.4 is 0 Å². The Morgan fingerprint density at radius 3 is 2.70 bits per heavy atom. The number of likely N-dealkylation sites (tertiary alicyclic amines) is 1. The van der Waals surface area contributed by atoms with Crippen LogP contribution in [0.15, 0.2) is 12.1 Å². The summed E-state index contributed by atoms with van der Waals surface area (Å²) in [7, 11) is 0. The van der Waals surface area contributed by atoms with Crippen LogP contribution in [0, 0.1) is 17.3 Å². The van der Waals surface area contributed by atoms with E-state index in [1.807, 2.05) is 17.0 Å². The quantitative estimate of drug-likeness (QED) is 0.814. The van der Waals surface area contributed by atoms with Gasteiger partial charge >= 0.3 is 0 Å². The van der Waals surface area contributed by atoms with Crippen LogP contribution in [0.2, 0.25) is 0 Å². The Hall–Kier alpha value is -1.84. The second-order valence-corrected chi connectivity index (χ2v) is 9.40. The molecule has 1 aromatic rings. The van der Waals surface area contributed by atoms with Crippen molar-refractivity contribution >= 4 is 11.7 Å². The van der Waals surface area contributed by atoms with Crippen LogP contribution in [0.25, 0.3) is 0 Å². The third kappa shape index (κ3) is 2.48. The Kier molecular flexibility index (Phi) is 3.89. The van der Waals surface area contributed by atoms with Crippen molar-refractivity contribution in [3.63, 3.8) is 0 Å². The molecule has 0 radical (unpaired) electrons. The predicted molar refractivity (Wildman–Crippen MR) is 103 cm³/mol. The molecule has 3 aliphatic carbocycles. The molecule has 27 heavy (non-hydrogen) atoms. The molecule has 1 amide bonds. The van der Waals surface area contributed by atoms with Gasteiger partial charge in [0.15, 0.2) is 0 Å². The van der Waals surface area contributed by atoms with Crippen LogP contribution in [-0.2, 0) is 11.2 Å². The number of phenolic OH excluding ortho intramolecular Hbond substituents is 1. The fraction of sp³-hybridized carbons (Fsp3) is 0.652. The van der Waals surface area contributed by atoms with E-state index in [1.165, 1.54) is 11.1 Å². The van der Waals surface area contributed by atoms with Gasteiger partial charge in [-0.1, -0.05) is 6.92 Å². The number of rotatable bonds is 1. The summed E-state index contributed by atoms with van der Waals surface area (Å²) in [6, 6.07) is 3.85. The summed E-state index contributed by atoms with van der Waals surface area (Å²) in [6.07, 6.45) is 7.92. The van der Waals surface area contributed by atoms with E-state index in [1.54, 1.807) is 0 Å². The third-order valence-corrected chi connectivity index (χ3v) is 8.17. The number of carbonyl (C=O) groups is 2. The van der Waals surface area contributed by atoms with Gasteiger partial charge in [-0.15, -0.1) is 0 Å². The fourth-order valence-electron chi connectivity index (χ4n) is 6.64. The number of amides is 1. The Bertz CT molecular complexity index is 810. The highest BCUT2D eigenvalue weighted by Gasteiger charge is 2.54. The fourth-order valence-corrected chi connectivity index (χ4v) is 6.64. The number of Topliss-reactive ketones (excluding diaryl/α,β-unsaturated/α-hetero) is 1. The minimum absolute atomic E-state index is 0.0217. The van der Waals surface area contributed by atoms with Crippen LogP contribution in [0.3, 0.4) is 0 Å². The topological polar surface area (TPSA) is 57.6 Å². The molecular weight excluding hydrogens is 338 g/mol. The normalized spacial score (nSPS) is 34.9. The average molecular weight is 367 g/mol. The number of benzene rings is 1. The molecular formula is C23H29NO3. The van der Waals surface area contributed by atoms with Crippen LogP contribution in [0.1, 0.15) is 79.3 Å². The lowest BCUT2D eigenvalue weighted by Crippen LogP contribution is -2.42. The zero-order valence-corrected chi connectivity index (χ0v) is 16.2. The van der Waals surface area contributed by atoms with Gasteiger partial charge in [-0.3, -0.25) is 9.59 Å². The van der Waals surface area contributed by atoms with Crippen LogP contribution in [-0.4, -0.2) is 34.8 Å². The van der Waals surface area contributed by atoms with E-state index in [-0.39, 0.29) is 17.1 Å². The first kappa shape index (κ1) is 17.3. The van der Waals surface area contributed by atoms with Crippen molar-refractivity contribution in [1.82, 2.24) is 4.90 Å². The molecule has 3 fully saturated rings. The van der Waals surface area contributed by atoms with Crippen molar-refractivity contribution in [3.05, 3.63) is 28.8 Å². The van der Waals surface area contributed by atoms with Crippen molar-refractivity contribution < 1.29 is 14.7 Å². The zero-order valence-electron chi connectivity index (χ0n) is 16.2. The van der Waals surface area contributed by atoms with E-state index in [9.17, 15) is 14.7 Å². The number of fused-ring (bicyclic) bond motifs is 5. The Morgan fingerprint density at radius 2 is 1.93 bits per heavy atom. The highest BCUT2D eigenvalue weighted by Crippen LogP contribution is 2.59. The summed E-state index contributed by atoms with van der Waals surface area (Å²) >= 11 is 0. The first-order chi connectivity index (χ1) is 13.0. The number of aromatic hydroxyl groups is 1. The molecule has 1 saturated heterocycles. The molecule has 144 valence electrons. The lowest BCUT2D eigenvalue weighted by atomic mass is 9.55. The average Bonchev–Trinajstić information content (AvgIpc) is 3.29. The van der Waals surface area contributed by atoms with Crippen LogP contribution >= 0.6 is 0 Å². The van der Waals surface area contributed by atoms with E-state index in [0.29, 0.717) is 29.1 Å². The lowest BCUT2D eigenvalue weighted by molar-refractivity contribution is -0.129. The molecule has 4 heteroatoms. The molecule has 0 bridgehead atoms. The van der Waals surface area contributed by atoms with E-state index in [2.05, 4.69) is 6.92 Å². The second kappa shape index (κ2) is 6.08. The van der Waals surface area contributed by atoms with Gasteiger partial charge in [-0.2, -0.15) is 0 Å². The molecule has 0 unspecified atom stereocenters. The van der Waals surface area contributed by atoms with Crippen LogP contribution in [0.5, 0.6) is 5.75 Å². The number of carbonyl (C=O) groups excluding carboxylic acids is 2. The van der Waals surface area contributed by atoms with Gasteiger partial charge in [0.2, 0.25) is 0 Å². The van der Waals surface area contributed by atoms with E-state index >= 15 is 0 Å². The molecule has 0 spiro atoms. The van der Waals surface area contributed by atoms with Crippen LogP contribution in [0.4, 0.5) is 0 Å². The van der Waals surface area contributed by atoms with Crippen molar-refractivity contribution in [3.8, 4) is 5.75 Å². The summed E-state index contributed by atoms with van der Waals surface area (Å²) in [4.78, 5) is 27.3. The van der Waals surface area contributed by atoms with E-state index < -0.39 is 0 Å². The number of aryl methyl sites for hydroxylation is 1. The Morgan fingerprint density at radius 1 is 1.15 bits per heavy atom. The number of hydrogen-bond acceptors (Lipinski definition) is 3. The van der Waals surface area contributed by atoms with Crippen molar-refractivity contribution in [2.75, 3.05) is 13.1 Å². The molecule has 1 aromatic carbocycles. The highest BCUT2D eigenvalue weighted by atomic mass is 16.3. The number of phenols is 1. The summed E-state index contributed by atoms with van der Waals surface area (Å²) in [5.74, 6) is 2.05. The van der Waals surface area contributed by atoms with Gasteiger partial charge in [-0.25, -0.2) is 0 Å². The zero-order chi connectivity index (χ0) is 18.8. The summed E-state index contributed by atoms with van der Waals surface area (Å²) in [6.45, 7) is 3.78. The Balaban J connectivity index is 1.50. The minimum Gasteiger partial charge on any atom is -0.507 e. The maximum absolute atomic E-state index is 12.9. The Labute approximate surface area is 160 Å². The highest BCUT2D eigenvalue weighted by molar-refractivity contribution is 5.97. The van der Waals surface area contributed by atoms with Gasteiger partial charge in [-0.05, 0) is 86.0 Å². The van der Waals surface area contributed by atoms with E-state index in [4.69, 9.17) is 0 Å². The maximum Gasteiger partial charge on any atom is 0.257 e. The molecule has 5 rings (SSSR count). The molecule has 4 atom stereocenters. The smallest absolute Gasteiger partial charge is 0.257 e. The monoisotopic (exact) mass is 367 g/mol. The number of ketones is 1. The van der Waals surface area contributed by atoms with Crippen molar-refractivity contribution in [1.29, 1.82) is 0 Å². The third-order valence-electron chi connectivity index (χ3n) is 8.17. The largest absolute Gasteiger partial charge is 0.507 e. The molecule has 1 heterocycles. The summed E-state index contributed by atoms with van der Waals surface area (Å²) in [5.41, 5.74) is 2.84. The van der Waals surface area contributed by atoms with Crippen molar-refractivity contribution in [2.24, 2.45) is 17.3 Å². The van der Waals surface area contributed by atoms with Gasteiger partial charge in [0.1, 0.15) is 11.5 Å². The first-order valence-corrected chi connectivity index (χ1v) is 10.7. The molecule has 2 saturated carbocycles. The first-order valence-electron chi connectivity index (χ1n) is 10.7. The molecule has 1 N–H and O–H groups in total. The SMILES string of the molecule is C[C@]12CC[C@@H]3c4cc(C(=O)N5CCCC5)c(O)cc4CC[C@H]3[C@@H]1CCC2=O. The minimum atomic E-state index is -0.121. The van der Waals surface area contributed by atoms with Crippen molar-refractivity contribution in [2.45, 2.75) is 64.2 Å². The van der Waals surface area contributed by atoms with Gasteiger partial charge in [0, 0.05) is 24.9 Å². The molecule has 4 nitrogen and oxygen atoms in total. The van der Waals surface area contributed by atoms with Gasteiger partial charge in [0.25, 0.3) is 5.91 Å². The summed E-state index contributed by atoms with van der Waals surface area (Å²) < 4.78 is 0. The molecule has 4 aliphatic rings. The number of nitrogens with zero attached hydrogens (tertiary/aromatic N) is 1.